The van der Waals surface area contributed by atoms with Crippen molar-refractivity contribution in [3.05, 3.63) is 94.4 Å². The smallest absolute Gasteiger partial charge is 0.348 e. The Balaban J connectivity index is 1.89. The highest BCUT2D eigenvalue weighted by Crippen LogP contribution is 2.29. The van der Waals surface area contributed by atoms with Crippen molar-refractivity contribution in [3.8, 4) is 23.6 Å². The molecule has 1 N–H and O–H groups in total. The highest BCUT2D eigenvalue weighted by atomic mass is 16.1. The van der Waals surface area contributed by atoms with Crippen molar-refractivity contribution in [3.63, 3.8) is 0 Å². The van der Waals surface area contributed by atoms with Crippen LogP contribution in [0.2, 0.25) is 0 Å². The zero-order valence-corrected chi connectivity index (χ0v) is 17.8. The quantitative estimate of drug-likeness (QED) is 0.442. The van der Waals surface area contributed by atoms with E-state index in [1.807, 2.05) is 60.7 Å². The van der Waals surface area contributed by atoms with Gasteiger partial charge in [0.2, 0.25) is 0 Å². The Labute approximate surface area is 182 Å². The van der Waals surface area contributed by atoms with Crippen LogP contribution in [0.3, 0.4) is 0 Å². The summed E-state index contributed by atoms with van der Waals surface area (Å²) in [5, 5.41) is 4.13. The summed E-state index contributed by atoms with van der Waals surface area (Å²) in [5.41, 5.74) is 5.40. The summed E-state index contributed by atoms with van der Waals surface area (Å²) in [4.78, 5) is 17.6. The van der Waals surface area contributed by atoms with Gasteiger partial charge < -0.3 is 5.32 Å². The summed E-state index contributed by atoms with van der Waals surface area (Å²) in [6.45, 7) is 5.22. The van der Waals surface area contributed by atoms with Gasteiger partial charge >= 0.3 is 5.69 Å². The molecule has 0 radical (unpaired) electrons. The van der Waals surface area contributed by atoms with E-state index in [-0.39, 0.29) is 5.69 Å². The molecule has 0 aliphatic rings. The topological polar surface area (TPSA) is 46.9 Å². The van der Waals surface area contributed by atoms with Crippen molar-refractivity contribution < 1.29 is 0 Å². The number of fused-ring (bicyclic) bond motifs is 1. The summed E-state index contributed by atoms with van der Waals surface area (Å²) in [7, 11) is 0. The lowest BCUT2D eigenvalue weighted by Crippen LogP contribution is -2.24. The second-order valence-electron chi connectivity index (χ2n) is 7.88. The fourth-order valence-corrected chi connectivity index (χ4v) is 3.71. The standard InChI is InChI=1S/C27H25N3O/c1-4-16-28-23-14-15-25-24(17-23)26(22-12-10-21(11-13-22)19(2)3)29-27(31)30(25)18-20-8-6-5-7-9-20/h1,5-15,17,19,28H,16,18H2,2-3H3. The average Bonchev–Trinajstić information content (AvgIpc) is 2.80. The zero-order chi connectivity index (χ0) is 21.8. The number of terminal acetylenes is 1. The van der Waals surface area contributed by atoms with Crippen molar-refractivity contribution in [1.29, 1.82) is 0 Å². The molecule has 0 amide bonds. The van der Waals surface area contributed by atoms with Gasteiger partial charge in [-0.25, -0.2) is 4.79 Å². The maximum atomic E-state index is 13.1. The Kier molecular flexibility index (Phi) is 5.86. The molecule has 0 atom stereocenters. The fourth-order valence-electron chi connectivity index (χ4n) is 3.71. The van der Waals surface area contributed by atoms with Gasteiger partial charge in [-0.2, -0.15) is 4.98 Å². The van der Waals surface area contributed by atoms with Gasteiger partial charge in [0.1, 0.15) is 0 Å². The minimum atomic E-state index is -0.261. The van der Waals surface area contributed by atoms with Crippen molar-refractivity contribution in [2.75, 3.05) is 11.9 Å². The lowest BCUT2D eigenvalue weighted by molar-refractivity contribution is 0.763. The molecule has 0 saturated heterocycles. The maximum absolute atomic E-state index is 13.1. The van der Waals surface area contributed by atoms with Crippen LogP contribution >= 0.6 is 0 Å². The van der Waals surface area contributed by atoms with Crippen LogP contribution < -0.4 is 11.0 Å². The van der Waals surface area contributed by atoms with Gasteiger partial charge in [0, 0.05) is 16.6 Å². The Morgan fingerprint density at radius 1 is 1.03 bits per heavy atom. The molecule has 1 heterocycles. The molecule has 1 aromatic heterocycles. The van der Waals surface area contributed by atoms with Gasteiger partial charge in [-0.15, -0.1) is 6.42 Å². The van der Waals surface area contributed by atoms with Gasteiger partial charge in [0.25, 0.3) is 0 Å². The van der Waals surface area contributed by atoms with E-state index in [9.17, 15) is 4.79 Å². The van der Waals surface area contributed by atoms with Gasteiger partial charge in [0.15, 0.2) is 0 Å². The summed E-state index contributed by atoms with van der Waals surface area (Å²) in [6, 6.07) is 24.2. The number of hydrogen-bond acceptors (Lipinski definition) is 3. The van der Waals surface area contributed by atoms with E-state index in [2.05, 4.69) is 42.2 Å². The number of nitrogens with one attached hydrogen (secondary N) is 1. The number of benzene rings is 3. The summed E-state index contributed by atoms with van der Waals surface area (Å²) in [6.07, 6.45) is 5.41. The molecule has 0 fully saturated rings. The third kappa shape index (κ3) is 4.36. The normalized spacial score (nSPS) is 10.9. The Bertz CT molecular complexity index is 1300. The molecule has 3 aromatic carbocycles. The van der Waals surface area contributed by atoms with Gasteiger partial charge in [-0.05, 0) is 35.2 Å². The van der Waals surface area contributed by atoms with Gasteiger partial charge in [-0.3, -0.25) is 4.57 Å². The SMILES string of the molecule is C#CCNc1ccc2c(c1)c(-c1ccc(C(C)C)cc1)nc(=O)n2Cc1ccccc1. The molecule has 0 saturated carbocycles. The van der Waals surface area contributed by atoms with Gasteiger partial charge in [0.05, 0.1) is 24.3 Å². The van der Waals surface area contributed by atoms with Crippen molar-refractivity contribution in [1.82, 2.24) is 9.55 Å². The highest BCUT2D eigenvalue weighted by Gasteiger charge is 2.14. The zero-order valence-electron chi connectivity index (χ0n) is 17.8. The lowest BCUT2D eigenvalue weighted by Gasteiger charge is -2.15. The molecule has 0 aliphatic carbocycles. The molecule has 31 heavy (non-hydrogen) atoms. The third-order valence-corrected chi connectivity index (χ3v) is 5.41. The molecule has 0 aliphatic heterocycles. The summed E-state index contributed by atoms with van der Waals surface area (Å²) in [5.74, 6) is 3.04. The maximum Gasteiger partial charge on any atom is 0.348 e. The minimum Gasteiger partial charge on any atom is -0.374 e. The number of aromatic nitrogens is 2. The third-order valence-electron chi connectivity index (χ3n) is 5.41. The molecule has 0 spiro atoms. The summed E-state index contributed by atoms with van der Waals surface area (Å²) < 4.78 is 1.72. The highest BCUT2D eigenvalue weighted by molar-refractivity contribution is 5.94. The number of nitrogens with zero attached hydrogens (tertiary/aromatic N) is 2. The van der Waals surface area contributed by atoms with Crippen LogP contribution in [0.25, 0.3) is 22.2 Å². The summed E-state index contributed by atoms with van der Waals surface area (Å²) >= 11 is 0. The van der Waals surface area contributed by atoms with E-state index in [1.165, 1.54) is 5.56 Å². The molecule has 4 rings (SSSR count). The Morgan fingerprint density at radius 3 is 2.45 bits per heavy atom. The monoisotopic (exact) mass is 407 g/mol. The van der Waals surface area contributed by atoms with Crippen LogP contribution in [0.15, 0.2) is 77.6 Å². The van der Waals surface area contributed by atoms with E-state index in [0.29, 0.717) is 24.7 Å². The van der Waals surface area contributed by atoms with E-state index in [1.54, 1.807) is 4.57 Å². The van der Waals surface area contributed by atoms with Crippen LogP contribution in [0, 0.1) is 12.3 Å². The predicted octanol–water partition coefficient (Wildman–Crippen LogP) is 5.28. The first kappa shape index (κ1) is 20.4. The molecule has 4 aromatic rings. The number of hydrogen-bond donors (Lipinski definition) is 1. The van der Waals surface area contributed by atoms with Crippen molar-refractivity contribution >= 4 is 16.6 Å². The Morgan fingerprint density at radius 2 is 1.77 bits per heavy atom. The van der Waals surface area contributed by atoms with Crippen LogP contribution in [0.5, 0.6) is 0 Å². The Hall–Kier alpha value is -3.84. The number of anilines is 1. The van der Waals surface area contributed by atoms with E-state index >= 15 is 0 Å². The van der Waals surface area contributed by atoms with Gasteiger partial charge in [-0.1, -0.05) is 74.4 Å². The largest absolute Gasteiger partial charge is 0.374 e. The molecule has 0 unspecified atom stereocenters. The number of rotatable bonds is 6. The van der Waals surface area contributed by atoms with E-state index in [4.69, 9.17) is 6.42 Å². The average molecular weight is 408 g/mol. The van der Waals surface area contributed by atoms with Crippen LogP contribution in [0.1, 0.15) is 30.9 Å². The second kappa shape index (κ2) is 8.89. The molecule has 0 bridgehead atoms. The van der Waals surface area contributed by atoms with Crippen molar-refractivity contribution in [2.45, 2.75) is 26.3 Å². The first-order valence-corrected chi connectivity index (χ1v) is 10.4. The van der Waals surface area contributed by atoms with E-state index < -0.39 is 0 Å². The fraction of sp³-hybridized carbons (Fsp3) is 0.185. The first-order chi connectivity index (χ1) is 15.1. The van der Waals surface area contributed by atoms with Crippen LogP contribution in [-0.2, 0) is 6.54 Å². The second-order valence-corrected chi connectivity index (χ2v) is 7.88. The van der Waals surface area contributed by atoms with E-state index in [0.717, 1.165) is 27.7 Å². The minimum absolute atomic E-state index is 0.261. The molecule has 4 nitrogen and oxygen atoms in total. The molecule has 154 valence electrons. The molecule has 4 heteroatoms. The van der Waals surface area contributed by atoms with Crippen molar-refractivity contribution in [2.24, 2.45) is 0 Å². The van der Waals surface area contributed by atoms with Crippen LogP contribution in [0.4, 0.5) is 5.69 Å². The lowest BCUT2D eigenvalue weighted by atomic mass is 9.99. The molecular formula is C27H25N3O. The molecular weight excluding hydrogens is 382 g/mol. The predicted molar refractivity (Wildman–Crippen MR) is 128 cm³/mol. The van der Waals surface area contributed by atoms with Crippen LogP contribution in [-0.4, -0.2) is 16.1 Å². The first-order valence-electron chi connectivity index (χ1n) is 10.4.